The summed E-state index contributed by atoms with van der Waals surface area (Å²) in [5.74, 6) is -0.954. The Bertz CT molecular complexity index is 406. The van der Waals surface area contributed by atoms with Gasteiger partial charge in [-0.05, 0) is 19.5 Å². The monoisotopic (exact) mass is 279 g/mol. The molecule has 19 heavy (non-hydrogen) atoms. The molecule has 7 heteroatoms. The molecule has 1 N–H and O–H groups in total. The van der Waals surface area contributed by atoms with E-state index in [0.29, 0.717) is 12.1 Å². The predicted molar refractivity (Wildman–Crippen MR) is 65.5 cm³/mol. The van der Waals surface area contributed by atoms with Crippen molar-refractivity contribution < 1.29 is 17.6 Å². The normalized spacial score (nSPS) is 11.7. The van der Waals surface area contributed by atoms with E-state index >= 15 is 0 Å². The first-order valence-electron chi connectivity index (χ1n) is 6.04. The molecule has 1 aromatic heterocycles. The van der Waals surface area contributed by atoms with E-state index in [9.17, 15) is 17.6 Å². The fraction of sp³-hybridized carbons (Fsp3) is 0.583. The Kier molecular flexibility index (Phi) is 5.53. The maximum atomic E-state index is 14.1. The van der Waals surface area contributed by atoms with E-state index in [1.807, 2.05) is 6.92 Å². The largest absolute Gasteiger partial charge is 0.405 e. The summed E-state index contributed by atoms with van der Waals surface area (Å²) in [6, 6.07) is 1.46. The molecule has 1 heterocycles. The summed E-state index contributed by atoms with van der Waals surface area (Å²) in [6.07, 6.45) is -3.06. The van der Waals surface area contributed by atoms with Crippen LogP contribution in [0.5, 0.6) is 0 Å². The third-order valence-electron chi connectivity index (χ3n) is 2.57. The lowest BCUT2D eigenvalue weighted by Gasteiger charge is -2.24. The number of anilines is 1. The van der Waals surface area contributed by atoms with E-state index in [0.717, 1.165) is 4.90 Å². The van der Waals surface area contributed by atoms with Crippen LogP contribution in [0.15, 0.2) is 12.3 Å². The second kappa shape index (κ2) is 6.70. The second-order valence-electron chi connectivity index (χ2n) is 4.02. The van der Waals surface area contributed by atoms with Crippen LogP contribution in [0.1, 0.15) is 19.4 Å². The van der Waals surface area contributed by atoms with Crippen molar-refractivity contribution in [2.24, 2.45) is 0 Å². The molecule has 0 amide bonds. The minimum Gasteiger partial charge on any atom is -0.345 e. The predicted octanol–water partition coefficient (Wildman–Crippen LogP) is 2.72. The molecule has 0 aliphatic rings. The van der Waals surface area contributed by atoms with Gasteiger partial charge in [0.1, 0.15) is 6.54 Å². The molecule has 0 aliphatic heterocycles. The van der Waals surface area contributed by atoms with Gasteiger partial charge < -0.3 is 10.2 Å². The maximum Gasteiger partial charge on any atom is 0.405 e. The van der Waals surface area contributed by atoms with Crippen LogP contribution in [0.2, 0.25) is 0 Å². The smallest absolute Gasteiger partial charge is 0.345 e. The summed E-state index contributed by atoms with van der Waals surface area (Å²) in [5, 5.41) is 2.93. The Morgan fingerprint density at radius 1 is 1.32 bits per heavy atom. The molecule has 0 spiro atoms. The number of rotatable bonds is 6. The number of hydrogen-bond acceptors (Lipinski definition) is 3. The molecule has 0 aromatic carbocycles. The Hall–Kier alpha value is -1.37. The first kappa shape index (κ1) is 15.7. The summed E-state index contributed by atoms with van der Waals surface area (Å²) >= 11 is 0. The summed E-state index contributed by atoms with van der Waals surface area (Å²) in [5.41, 5.74) is 0.312. The summed E-state index contributed by atoms with van der Waals surface area (Å²) in [6.45, 7) is 3.14. The van der Waals surface area contributed by atoms with Gasteiger partial charge >= 0.3 is 6.18 Å². The number of pyridine rings is 1. The number of hydrogen-bond donors (Lipinski definition) is 1. The quantitative estimate of drug-likeness (QED) is 0.812. The average Bonchev–Trinajstić information content (AvgIpc) is 2.34. The van der Waals surface area contributed by atoms with E-state index in [1.165, 1.54) is 19.2 Å². The molecule has 0 atom stereocenters. The van der Waals surface area contributed by atoms with Gasteiger partial charge in [0, 0.05) is 24.8 Å². The molecule has 0 saturated heterocycles. The lowest BCUT2D eigenvalue weighted by Crippen LogP contribution is -2.35. The lowest BCUT2D eigenvalue weighted by atomic mass is 10.2. The summed E-state index contributed by atoms with van der Waals surface area (Å²) in [4.78, 5) is 4.61. The number of aromatic nitrogens is 1. The lowest BCUT2D eigenvalue weighted by molar-refractivity contribution is -0.119. The standard InChI is InChI=1S/C12H17F4N3/c1-3-17-7-9-5-6-18-11(10(9)13)19(4-2)8-12(14,15)16/h5-6,17H,3-4,7-8H2,1-2H3. The zero-order valence-electron chi connectivity index (χ0n) is 10.9. The fourth-order valence-corrected chi connectivity index (χ4v) is 1.64. The van der Waals surface area contributed by atoms with Gasteiger partial charge in [0.05, 0.1) is 0 Å². The molecule has 0 fully saturated rings. The van der Waals surface area contributed by atoms with Crippen LogP contribution in [0, 0.1) is 5.82 Å². The Balaban J connectivity index is 2.97. The minimum atomic E-state index is -4.39. The first-order chi connectivity index (χ1) is 8.89. The molecule has 0 saturated carbocycles. The summed E-state index contributed by atoms with van der Waals surface area (Å²) < 4.78 is 51.3. The highest BCUT2D eigenvalue weighted by Crippen LogP contribution is 2.24. The van der Waals surface area contributed by atoms with Crippen molar-refractivity contribution in [3.05, 3.63) is 23.6 Å². The highest BCUT2D eigenvalue weighted by atomic mass is 19.4. The first-order valence-corrected chi connectivity index (χ1v) is 6.04. The van der Waals surface area contributed by atoms with E-state index in [4.69, 9.17) is 0 Å². The van der Waals surface area contributed by atoms with E-state index in [2.05, 4.69) is 10.3 Å². The SMILES string of the molecule is CCNCc1ccnc(N(CC)CC(F)(F)F)c1F. The van der Waals surface area contributed by atoms with E-state index in [1.54, 1.807) is 0 Å². The third kappa shape index (κ3) is 4.66. The molecule has 1 rings (SSSR count). The van der Waals surface area contributed by atoms with Crippen LogP contribution in [0.4, 0.5) is 23.4 Å². The number of halogens is 4. The van der Waals surface area contributed by atoms with Crippen molar-refractivity contribution in [1.82, 2.24) is 10.3 Å². The highest BCUT2D eigenvalue weighted by molar-refractivity contribution is 5.43. The molecular weight excluding hydrogens is 262 g/mol. The van der Waals surface area contributed by atoms with Gasteiger partial charge in [-0.3, -0.25) is 0 Å². The van der Waals surface area contributed by atoms with Crippen LogP contribution in [-0.4, -0.2) is 30.8 Å². The van der Waals surface area contributed by atoms with Gasteiger partial charge in [-0.25, -0.2) is 9.37 Å². The van der Waals surface area contributed by atoms with E-state index < -0.39 is 18.5 Å². The number of nitrogens with one attached hydrogen (secondary N) is 1. The van der Waals surface area contributed by atoms with Gasteiger partial charge in [-0.2, -0.15) is 13.2 Å². The van der Waals surface area contributed by atoms with Gasteiger partial charge in [-0.15, -0.1) is 0 Å². The second-order valence-corrected chi connectivity index (χ2v) is 4.02. The molecule has 0 bridgehead atoms. The van der Waals surface area contributed by atoms with Gasteiger partial charge in [-0.1, -0.05) is 6.92 Å². The number of nitrogens with zero attached hydrogens (tertiary/aromatic N) is 2. The Labute approximate surface area is 109 Å². The maximum absolute atomic E-state index is 14.1. The molecule has 0 aliphatic carbocycles. The summed E-state index contributed by atoms with van der Waals surface area (Å²) in [7, 11) is 0. The molecule has 0 unspecified atom stereocenters. The fourth-order valence-electron chi connectivity index (χ4n) is 1.64. The topological polar surface area (TPSA) is 28.2 Å². The average molecular weight is 279 g/mol. The van der Waals surface area contributed by atoms with Gasteiger partial charge in [0.25, 0.3) is 0 Å². The molecule has 3 nitrogen and oxygen atoms in total. The van der Waals surface area contributed by atoms with Crippen LogP contribution >= 0.6 is 0 Å². The van der Waals surface area contributed by atoms with Crippen LogP contribution in [-0.2, 0) is 6.54 Å². The molecule has 0 radical (unpaired) electrons. The Morgan fingerprint density at radius 3 is 2.53 bits per heavy atom. The van der Waals surface area contributed by atoms with Gasteiger partial charge in [0.15, 0.2) is 11.6 Å². The van der Waals surface area contributed by atoms with E-state index in [-0.39, 0.29) is 18.9 Å². The van der Waals surface area contributed by atoms with Crippen molar-refractivity contribution in [2.45, 2.75) is 26.6 Å². The zero-order valence-corrected chi connectivity index (χ0v) is 10.9. The van der Waals surface area contributed by atoms with Crippen molar-refractivity contribution in [3.63, 3.8) is 0 Å². The van der Waals surface area contributed by atoms with Crippen LogP contribution in [0.25, 0.3) is 0 Å². The third-order valence-corrected chi connectivity index (χ3v) is 2.57. The Morgan fingerprint density at radius 2 is 2.00 bits per heavy atom. The van der Waals surface area contributed by atoms with Crippen molar-refractivity contribution in [1.29, 1.82) is 0 Å². The zero-order chi connectivity index (χ0) is 14.5. The molecule has 108 valence electrons. The molecule has 1 aromatic rings. The number of alkyl halides is 3. The van der Waals surface area contributed by atoms with Crippen LogP contribution in [0.3, 0.4) is 0 Å². The van der Waals surface area contributed by atoms with Gasteiger partial charge in [0.2, 0.25) is 0 Å². The minimum absolute atomic E-state index is 0.0358. The van der Waals surface area contributed by atoms with Crippen molar-refractivity contribution >= 4 is 5.82 Å². The van der Waals surface area contributed by atoms with Crippen molar-refractivity contribution in [2.75, 3.05) is 24.5 Å². The van der Waals surface area contributed by atoms with Crippen molar-refractivity contribution in [3.8, 4) is 0 Å². The van der Waals surface area contributed by atoms with Crippen LogP contribution < -0.4 is 10.2 Å². The molecular formula is C12H17F4N3. The highest BCUT2D eigenvalue weighted by Gasteiger charge is 2.32.